The zero-order valence-corrected chi connectivity index (χ0v) is 14.1. The molecule has 1 aromatic carbocycles. The Morgan fingerprint density at radius 2 is 1.58 bits per heavy atom. The summed E-state index contributed by atoms with van der Waals surface area (Å²) in [5.41, 5.74) is 1.80. The Kier molecular flexibility index (Phi) is 4.52. The molecule has 1 N–H and O–H groups in total. The summed E-state index contributed by atoms with van der Waals surface area (Å²) in [4.78, 5) is 0. The summed E-state index contributed by atoms with van der Waals surface area (Å²) in [6.07, 6.45) is 6.86. The van der Waals surface area contributed by atoms with Gasteiger partial charge in [0.2, 0.25) is 0 Å². The number of hydrogen-bond donors (Lipinski definition) is 1. The van der Waals surface area contributed by atoms with Crippen LogP contribution < -0.4 is 10.5 Å². The minimum absolute atomic E-state index is 0.371. The third-order valence-electron chi connectivity index (χ3n) is 4.50. The van der Waals surface area contributed by atoms with Crippen molar-refractivity contribution in [2.45, 2.75) is 70.8 Å². The zero-order valence-electron chi connectivity index (χ0n) is 13.1. The Balaban J connectivity index is 1.93. The molecule has 1 nitrogen and oxygen atoms in total. The quantitative estimate of drug-likeness (QED) is 0.818. The van der Waals surface area contributed by atoms with E-state index in [1.807, 2.05) is 0 Å². The lowest BCUT2D eigenvalue weighted by Crippen LogP contribution is -2.43. The Labute approximate surface area is 119 Å². The minimum Gasteiger partial charge on any atom is -0.307 e. The van der Waals surface area contributed by atoms with Crippen LogP contribution in [0, 0.1) is 0 Å². The second kappa shape index (κ2) is 5.80. The van der Waals surface area contributed by atoms with E-state index in [0.717, 1.165) is 6.54 Å². The van der Waals surface area contributed by atoms with E-state index in [0.29, 0.717) is 5.54 Å². The molecule has 0 aliphatic heterocycles. The molecule has 106 valence electrons. The van der Waals surface area contributed by atoms with Crippen molar-refractivity contribution in [2.75, 3.05) is 0 Å². The molecule has 0 bridgehead atoms. The lowest BCUT2D eigenvalue weighted by atomic mass is 9.83. The fraction of sp³-hybridized carbons (Fsp3) is 0.647. The molecule has 0 spiro atoms. The first-order chi connectivity index (χ1) is 8.89. The van der Waals surface area contributed by atoms with Gasteiger partial charge in [-0.1, -0.05) is 68.4 Å². The molecule has 0 saturated heterocycles. The van der Waals surface area contributed by atoms with Crippen molar-refractivity contribution < 1.29 is 0 Å². The molecule has 1 aliphatic rings. The van der Waals surface area contributed by atoms with Gasteiger partial charge < -0.3 is 5.32 Å². The fourth-order valence-electron chi connectivity index (χ4n) is 2.95. The van der Waals surface area contributed by atoms with Crippen molar-refractivity contribution in [3.63, 3.8) is 0 Å². The van der Waals surface area contributed by atoms with Crippen LogP contribution in [0.1, 0.15) is 44.6 Å². The van der Waals surface area contributed by atoms with Gasteiger partial charge in [0, 0.05) is 12.1 Å². The summed E-state index contributed by atoms with van der Waals surface area (Å²) < 4.78 is 0. The van der Waals surface area contributed by atoms with Gasteiger partial charge in [0.05, 0.1) is 8.07 Å². The second-order valence-electron chi connectivity index (χ2n) is 7.42. The van der Waals surface area contributed by atoms with Crippen LogP contribution in [-0.4, -0.2) is 13.6 Å². The summed E-state index contributed by atoms with van der Waals surface area (Å²) in [6, 6.07) is 9.30. The molecule has 1 fully saturated rings. The van der Waals surface area contributed by atoms with Crippen molar-refractivity contribution in [1.29, 1.82) is 0 Å². The van der Waals surface area contributed by atoms with Gasteiger partial charge in [-0.3, -0.25) is 0 Å². The first-order valence-electron chi connectivity index (χ1n) is 7.74. The Bertz CT molecular complexity index is 396. The smallest absolute Gasteiger partial charge is 0.0775 e. The molecule has 0 unspecified atom stereocenters. The SMILES string of the molecule is CC1(NCc2ccc([Si](C)(C)C)cc2)CCCCC1. The van der Waals surface area contributed by atoms with Crippen molar-refractivity contribution in [2.24, 2.45) is 0 Å². The Morgan fingerprint density at radius 3 is 2.11 bits per heavy atom. The van der Waals surface area contributed by atoms with Crippen LogP contribution in [0.5, 0.6) is 0 Å². The summed E-state index contributed by atoms with van der Waals surface area (Å²) in [6.45, 7) is 10.6. The Hall–Kier alpha value is -0.603. The molecule has 0 radical (unpaired) electrons. The van der Waals surface area contributed by atoms with E-state index in [2.05, 4.69) is 56.1 Å². The van der Waals surface area contributed by atoms with Crippen LogP contribution in [0.4, 0.5) is 0 Å². The number of benzene rings is 1. The maximum absolute atomic E-state index is 3.78. The lowest BCUT2D eigenvalue weighted by molar-refractivity contribution is 0.252. The third kappa shape index (κ3) is 4.18. The van der Waals surface area contributed by atoms with E-state index in [9.17, 15) is 0 Å². The van der Waals surface area contributed by atoms with Gasteiger partial charge in [0.25, 0.3) is 0 Å². The van der Waals surface area contributed by atoms with Gasteiger partial charge in [-0.15, -0.1) is 0 Å². The molecule has 1 aromatic rings. The van der Waals surface area contributed by atoms with Gasteiger partial charge in [0.1, 0.15) is 0 Å². The van der Waals surface area contributed by atoms with Gasteiger partial charge in [0.15, 0.2) is 0 Å². The maximum atomic E-state index is 3.78. The van der Waals surface area contributed by atoms with Crippen molar-refractivity contribution in [1.82, 2.24) is 5.32 Å². The molecular weight excluding hydrogens is 246 g/mol. The average Bonchev–Trinajstić information content (AvgIpc) is 2.37. The van der Waals surface area contributed by atoms with Crippen LogP contribution in [0.15, 0.2) is 24.3 Å². The minimum atomic E-state index is -1.15. The normalized spacial score (nSPS) is 19.4. The second-order valence-corrected chi connectivity index (χ2v) is 12.5. The number of nitrogens with one attached hydrogen (secondary N) is 1. The summed E-state index contributed by atoms with van der Waals surface area (Å²) in [5.74, 6) is 0. The predicted molar refractivity (Wildman–Crippen MR) is 87.8 cm³/mol. The predicted octanol–water partition coefficient (Wildman–Crippen LogP) is 4.04. The van der Waals surface area contributed by atoms with Crippen molar-refractivity contribution >= 4 is 13.3 Å². The highest BCUT2D eigenvalue weighted by Crippen LogP contribution is 2.27. The van der Waals surface area contributed by atoms with Gasteiger partial charge >= 0.3 is 0 Å². The number of hydrogen-bond acceptors (Lipinski definition) is 1. The fourth-order valence-corrected chi connectivity index (χ4v) is 4.11. The van der Waals surface area contributed by atoms with Crippen LogP contribution in [0.3, 0.4) is 0 Å². The molecule has 2 heteroatoms. The van der Waals surface area contributed by atoms with E-state index in [4.69, 9.17) is 0 Å². The molecule has 0 atom stereocenters. The van der Waals surface area contributed by atoms with E-state index in [1.54, 1.807) is 5.19 Å². The van der Waals surface area contributed by atoms with Crippen molar-refractivity contribution in [3.05, 3.63) is 29.8 Å². The molecule has 0 aromatic heterocycles. The third-order valence-corrected chi connectivity index (χ3v) is 6.56. The molecule has 19 heavy (non-hydrogen) atoms. The molecule has 0 amide bonds. The van der Waals surface area contributed by atoms with Crippen molar-refractivity contribution in [3.8, 4) is 0 Å². The highest BCUT2D eigenvalue weighted by molar-refractivity contribution is 6.88. The first-order valence-corrected chi connectivity index (χ1v) is 11.2. The molecule has 1 aliphatic carbocycles. The van der Waals surface area contributed by atoms with E-state index >= 15 is 0 Å². The molecule has 2 rings (SSSR count). The van der Waals surface area contributed by atoms with Crippen LogP contribution in [-0.2, 0) is 6.54 Å². The van der Waals surface area contributed by atoms with Gasteiger partial charge in [-0.05, 0) is 25.3 Å². The van der Waals surface area contributed by atoms with Gasteiger partial charge in [-0.25, -0.2) is 0 Å². The average molecular weight is 276 g/mol. The van der Waals surface area contributed by atoms with Crippen LogP contribution >= 0.6 is 0 Å². The van der Waals surface area contributed by atoms with Gasteiger partial charge in [-0.2, -0.15) is 0 Å². The molecule has 1 saturated carbocycles. The zero-order chi connectivity index (χ0) is 13.9. The highest BCUT2D eigenvalue weighted by atomic mass is 28.3. The largest absolute Gasteiger partial charge is 0.307 e. The first kappa shape index (κ1) is 14.8. The summed E-state index contributed by atoms with van der Waals surface area (Å²) in [5, 5.41) is 5.34. The molecular formula is C17H29NSi. The topological polar surface area (TPSA) is 12.0 Å². The lowest BCUT2D eigenvalue weighted by Gasteiger charge is -2.35. The summed E-state index contributed by atoms with van der Waals surface area (Å²) in [7, 11) is -1.15. The Morgan fingerprint density at radius 1 is 1.00 bits per heavy atom. The van der Waals surface area contributed by atoms with E-state index in [1.165, 1.54) is 37.7 Å². The monoisotopic (exact) mass is 275 g/mol. The number of rotatable bonds is 4. The van der Waals surface area contributed by atoms with Crippen LogP contribution in [0.2, 0.25) is 19.6 Å². The standard InChI is InChI=1S/C17H29NSi/c1-17(12-6-5-7-13-17)18-14-15-8-10-16(11-9-15)19(2,3)4/h8-11,18H,5-7,12-14H2,1-4H3. The maximum Gasteiger partial charge on any atom is 0.0775 e. The van der Waals surface area contributed by atoms with Crippen LogP contribution in [0.25, 0.3) is 0 Å². The van der Waals surface area contributed by atoms with E-state index in [-0.39, 0.29) is 0 Å². The van der Waals surface area contributed by atoms with E-state index < -0.39 is 8.07 Å². The highest BCUT2D eigenvalue weighted by Gasteiger charge is 2.25. The molecule has 0 heterocycles. The summed E-state index contributed by atoms with van der Waals surface area (Å²) >= 11 is 0.